The number of anilines is 1. The Hall–Kier alpha value is -1.21. The maximum Gasteiger partial charge on any atom is 0.241 e. The third-order valence-electron chi connectivity index (χ3n) is 5.79. The number of nitrogens with one attached hydrogen (secondary N) is 2. The molecule has 2 N–H and O–H groups in total. The molecule has 0 aromatic heterocycles. The minimum Gasteiger partial charge on any atom is -0.379 e. The summed E-state index contributed by atoms with van der Waals surface area (Å²) < 4.78 is 19.4. The highest BCUT2D eigenvalue weighted by Gasteiger charge is 2.38. The zero-order chi connectivity index (χ0) is 19.3. The van der Waals surface area contributed by atoms with E-state index < -0.39 is 11.9 Å². The molecule has 27 heavy (non-hydrogen) atoms. The second-order valence-electron chi connectivity index (χ2n) is 7.60. The average molecular weight is 398 g/mol. The van der Waals surface area contributed by atoms with E-state index in [1.165, 1.54) is 31.4 Å². The smallest absolute Gasteiger partial charge is 0.241 e. The van der Waals surface area contributed by atoms with Crippen molar-refractivity contribution in [2.75, 3.05) is 38.2 Å². The first-order valence-corrected chi connectivity index (χ1v) is 10.2. The van der Waals surface area contributed by atoms with Crippen LogP contribution in [0.25, 0.3) is 0 Å². The number of hydrogen-bond acceptors (Lipinski definition) is 4. The van der Waals surface area contributed by atoms with Crippen LogP contribution in [0.5, 0.6) is 0 Å². The van der Waals surface area contributed by atoms with Crippen LogP contribution >= 0.6 is 11.6 Å². The molecule has 1 aliphatic heterocycles. The van der Waals surface area contributed by atoms with Crippen molar-refractivity contribution in [1.82, 2.24) is 10.2 Å². The monoisotopic (exact) mass is 397 g/mol. The normalized spacial score (nSPS) is 21.6. The van der Waals surface area contributed by atoms with Gasteiger partial charge in [0.1, 0.15) is 5.82 Å². The van der Waals surface area contributed by atoms with E-state index >= 15 is 0 Å². The van der Waals surface area contributed by atoms with Gasteiger partial charge in [-0.05, 0) is 38.0 Å². The molecule has 0 spiro atoms. The molecule has 1 aromatic rings. The molecule has 5 nitrogen and oxygen atoms in total. The van der Waals surface area contributed by atoms with Crippen molar-refractivity contribution < 1.29 is 13.9 Å². The molecule has 1 unspecified atom stereocenters. The summed E-state index contributed by atoms with van der Waals surface area (Å²) in [6.45, 7) is 6.00. The number of ether oxygens (including phenoxy) is 1. The van der Waals surface area contributed by atoms with Gasteiger partial charge in [0.2, 0.25) is 5.91 Å². The Balaban J connectivity index is 1.59. The second-order valence-corrected chi connectivity index (χ2v) is 8.04. The molecular weight excluding hydrogens is 369 g/mol. The molecule has 7 heteroatoms. The molecule has 1 aliphatic carbocycles. The van der Waals surface area contributed by atoms with Gasteiger partial charge in [0.15, 0.2) is 0 Å². The van der Waals surface area contributed by atoms with Crippen molar-refractivity contribution in [1.29, 1.82) is 0 Å². The first-order valence-electron chi connectivity index (χ1n) is 9.82. The van der Waals surface area contributed by atoms with Gasteiger partial charge in [-0.2, -0.15) is 0 Å². The Morgan fingerprint density at radius 1 is 1.30 bits per heavy atom. The number of rotatable bonds is 6. The third kappa shape index (κ3) is 5.19. The first kappa shape index (κ1) is 20.5. The Kier molecular flexibility index (Phi) is 7.09. The minimum atomic E-state index is -0.528. The summed E-state index contributed by atoms with van der Waals surface area (Å²) in [6, 6.07) is 3.83. The number of carbonyl (C=O) groups excluding carboxylic acids is 1. The molecular formula is C20H29ClFN3O2. The van der Waals surface area contributed by atoms with Crippen molar-refractivity contribution >= 4 is 23.2 Å². The summed E-state index contributed by atoms with van der Waals surface area (Å²) in [4.78, 5) is 15.0. The predicted molar refractivity (Wildman–Crippen MR) is 106 cm³/mol. The molecule has 0 radical (unpaired) electrons. The number of hydrogen-bond donors (Lipinski definition) is 2. The summed E-state index contributed by atoms with van der Waals surface area (Å²) in [5, 5.41) is 6.35. The van der Waals surface area contributed by atoms with Crippen LogP contribution < -0.4 is 10.6 Å². The average Bonchev–Trinajstić information content (AvgIpc) is 2.69. The van der Waals surface area contributed by atoms with E-state index in [1.54, 1.807) is 6.07 Å². The third-order valence-corrected chi connectivity index (χ3v) is 6.02. The van der Waals surface area contributed by atoms with Crippen LogP contribution in [-0.4, -0.2) is 55.2 Å². The van der Waals surface area contributed by atoms with Crippen molar-refractivity contribution in [3.05, 3.63) is 29.0 Å². The van der Waals surface area contributed by atoms with E-state index in [0.29, 0.717) is 5.02 Å². The fourth-order valence-corrected chi connectivity index (χ4v) is 4.28. The van der Waals surface area contributed by atoms with E-state index in [2.05, 4.69) is 15.5 Å². The predicted octanol–water partition coefficient (Wildman–Crippen LogP) is 3.43. The number of morpholine rings is 1. The van der Waals surface area contributed by atoms with Gasteiger partial charge in [-0.3, -0.25) is 9.69 Å². The standard InChI is InChI=1S/C20H29ClFN3O2/c1-15(19(26)24-18-6-5-16(21)13-17(18)22)23-14-20(7-3-2-4-8-20)25-9-11-27-12-10-25/h5-6,13,15,23H,2-4,7-12,14H2,1H3,(H,24,26). The molecule has 2 aliphatic rings. The molecule has 1 atom stereocenters. The van der Waals surface area contributed by atoms with Gasteiger partial charge >= 0.3 is 0 Å². The van der Waals surface area contributed by atoms with E-state index in [1.807, 2.05) is 6.92 Å². The van der Waals surface area contributed by atoms with Crippen LogP contribution in [-0.2, 0) is 9.53 Å². The highest BCUT2D eigenvalue weighted by molar-refractivity contribution is 6.30. The first-order chi connectivity index (χ1) is 13.0. The van der Waals surface area contributed by atoms with Gasteiger partial charge < -0.3 is 15.4 Å². The largest absolute Gasteiger partial charge is 0.379 e. The van der Waals surface area contributed by atoms with Gasteiger partial charge in [0.25, 0.3) is 0 Å². The topological polar surface area (TPSA) is 53.6 Å². The quantitative estimate of drug-likeness (QED) is 0.772. The lowest BCUT2D eigenvalue weighted by Gasteiger charge is -2.48. The SMILES string of the molecule is CC(NCC1(N2CCOCC2)CCCCC1)C(=O)Nc1ccc(Cl)cc1F. The van der Waals surface area contributed by atoms with Gasteiger partial charge in [-0.15, -0.1) is 0 Å². The highest BCUT2D eigenvalue weighted by atomic mass is 35.5. The molecule has 1 aromatic carbocycles. The zero-order valence-electron chi connectivity index (χ0n) is 15.9. The van der Waals surface area contributed by atoms with E-state index in [-0.39, 0.29) is 17.1 Å². The maximum absolute atomic E-state index is 13.9. The lowest BCUT2D eigenvalue weighted by atomic mass is 9.79. The van der Waals surface area contributed by atoms with Crippen LogP contribution in [0.3, 0.4) is 0 Å². The lowest BCUT2D eigenvalue weighted by molar-refractivity contribution is -0.118. The number of benzene rings is 1. The Labute approximate surface area is 165 Å². The zero-order valence-corrected chi connectivity index (χ0v) is 16.7. The summed E-state index contributed by atoms with van der Waals surface area (Å²) in [7, 11) is 0. The van der Waals surface area contributed by atoms with Crippen LogP contribution in [0.1, 0.15) is 39.0 Å². The summed E-state index contributed by atoms with van der Waals surface area (Å²) in [5.41, 5.74) is 0.237. The lowest BCUT2D eigenvalue weighted by Crippen LogP contribution is -2.60. The number of halogens is 2. The highest BCUT2D eigenvalue weighted by Crippen LogP contribution is 2.34. The summed E-state index contributed by atoms with van der Waals surface area (Å²) in [6.07, 6.45) is 5.99. The maximum atomic E-state index is 13.9. The second kappa shape index (κ2) is 9.32. The summed E-state index contributed by atoms with van der Waals surface area (Å²) >= 11 is 5.76. The Bertz CT molecular complexity index is 646. The number of amides is 1. The minimum absolute atomic E-state index is 0.0854. The van der Waals surface area contributed by atoms with Crippen LogP contribution in [0, 0.1) is 5.82 Å². The fraction of sp³-hybridized carbons (Fsp3) is 0.650. The fourth-order valence-electron chi connectivity index (χ4n) is 4.12. The van der Waals surface area contributed by atoms with Crippen LogP contribution in [0.4, 0.5) is 10.1 Å². The van der Waals surface area contributed by atoms with E-state index in [4.69, 9.17) is 16.3 Å². The summed E-state index contributed by atoms with van der Waals surface area (Å²) in [5.74, 6) is -0.774. The molecule has 1 amide bonds. The van der Waals surface area contributed by atoms with Crippen molar-refractivity contribution in [3.8, 4) is 0 Å². The number of nitrogens with zero attached hydrogens (tertiary/aromatic N) is 1. The van der Waals surface area contributed by atoms with Gasteiger partial charge in [0.05, 0.1) is 24.9 Å². The van der Waals surface area contributed by atoms with Crippen LogP contribution in [0.15, 0.2) is 18.2 Å². The molecule has 1 saturated carbocycles. The van der Waals surface area contributed by atoms with Crippen LogP contribution in [0.2, 0.25) is 5.02 Å². The van der Waals surface area contributed by atoms with Crippen molar-refractivity contribution in [2.45, 2.75) is 50.6 Å². The molecule has 1 heterocycles. The van der Waals surface area contributed by atoms with Gasteiger partial charge in [-0.1, -0.05) is 30.9 Å². The Morgan fingerprint density at radius 2 is 2.00 bits per heavy atom. The molecule has 3 rings (SSSR count). The van der Waals surface area contributed by atoms with E-state index in [9.17, 15) is 9.18 Å². The molecule has 1 saturated heterocycles. The van der Waals surface area contributed by atoms with Gasteiger partial charge in [0, 0.05) is 30.2 Å². The van der Waals surface area contributed by atoms with E-state index in [0.717, 1.165) is 45.7 Å². The molecule has 0 bridgehead atoms. The molecule has 150 valence electrons. The van der Waals surface area contributed by atoms with Crippen molar-refractivity contribution in [3.63, 3.8) is 0 Å². The van der Waals surface area contributed by atoms with Gasteiger partial charge in [-0.25, -0.2) is 4.39 Å². The number of carbonyl (C=O) groups is 1. The molecule has 2 fully saturated rings. The Morgan fingerprint density at radius 3 is 2.67 bits per heavy atom. The van der Waals surface area contributed by atoms with Crippen molar-refractivity contribution in [2.24, 2.45) is 0 Å².